The van der Waals surface area contributed by atoms with Gasteiger partial charge >= 0.3 is 8.24 Å². The van der Waals surface area contributed by atoms with Crippen molar-refractivity contribution in [3.05, 3.63) is 46.5 Å². The zero-order chi connectivity index (χ0) is 25.1. The van der Waals surface area contributed by atoms with E-state index in [-0.39, 0.29) is 21.7 Å². The third-order valence-corrected chi connectivity index (χ3v) is 7.26. The Hall–Kier alpha value is -1.70. The highest BCUT2D eigenvalue weighted by Crippen LogP contribution is 2.44. The van der Waals surface area contributed by atoms with Crippen LogP contribution in [0.4, 0.5) is 0 Å². The molecule has 0 fully saturated rings. The number of rotatable bonds is 1. The highest BCUT2D eigenvalue weighted by Gasteiger charge is 2.28. The summed E-state index contributed by atoms with van der Waals surface area (Å²) in [4.78, 5) is 0. The highest BCUT2D eigenvalue weighted by atomic mass is 31.1. The number of benzene rings is 2. The fourth-order valence-corrected chi connectivity index (χ4v) is 4.95. The zero-order valence-electron chi connectivity index (χ0n) is 23.0. The van der Waals surface area contributed by atoms with Crippen LogP contribution in [0.15, 0.2) is 32.7 Å². The van der Waals surface area contributed by atoms with Gasteiger partial charge in [-0.25, -0.2) is 0 Å². The first-order valence-corrected chi connectivity index (χ1v) is 13.0. The summed E-state index contributed by atoms with van der Waals surface area (Å²) in [5.74, 6) is 0. The lowest BCUT2D eigenvalue weighted by molar-refractivity contribution is 0.449. The van der Waals surface area contributed by atoms with Crippen molar-refractivity contribution in [1.29, 1.82) is 0 Å². The van der Waals surface area contributed by atoms with E-state index in [4.69, 9.17) is 12.9 Å². The van der Waals surface area contributed by atoms with Crippen LogP contribution in [0.1, 0.15) is 105 Å². The van der Waals surface area contributed by atoms with Crippen molar-refractivity contribution in [3.63, 3.8) is 0 Å². The van der Waals surface area contributed by atoms with Gasteiger partial charge in [-0.05, 0) is 44.9 Å². The molecule has 2 aromatic carbocycles. The zero-order valence-corrected chi connectivity index (χ0v) is 23.9. The van der Waals surface area contributed by atoms with Gasteiger partial charge < -0.3 is 8.39 Å². The van der Waals surface area contributed by atoms with Gasteiger partial charge in [-0.3, -0.25) is 4.52 Å². The number of fused-ring (bicyclic) bond motifs is 3. The molecule has 182 valence electrons. The van der Waals surface area contributed by atoms with Crippen LogP contribution >= 0.6 is 8.24 Å². The molecule has 33 heavy (non-hydrogen) atoms. The van der Waals surface area contributed by atoms with Crippen LogP contribution in [0.25, 0.3) is 21.9 Å². The van der Waals surface area contributed by atoms with E-state index in [2.05, 4.69) is 107 Å². The lowest BCUT2D eigenvalue weighted by Gasteiger charge is -2.27. The van der Waals surface area contributed by atoms with Crippen molar-refractivity contribution in [2.45, 2.75) is 105 Å². The van der Waals surface area contributed by atoms with E-state index in [0.717, 1.165) is 21.9 Å². The standard InChI is InChI=1S/C29H43O3P/c1-26(2,3)18-14-20-21-15-19(27(4,5)6)17-23(29(10,11)12)25(21)32-33(30-13)31-24(20)22(16-18)28(7,8)9/h14-17H,1-13H3. The average molecular weight is 471 g/mol. The quantitative estimate of drug-likeness (QED) is 0.355. The van der Waals surface area contributed by atoms with Crippen LogP contribution in [0.3, 0.4) is 0 Å². The fourth-order valence-electron chi connectivity index (χ4n) is 4.08. The second-order valence-electron chi connectivity index (χ2n) is 13.4. The highest BCUT2D eigenvalue weighted by molar-refractivity contribution is 7.31. The molecule has 0 unspecified atom stereocenters. The first-order valence-electron chi connectivity index (χ1n) is 11.9. The van der Waals surface area contributed by atoms with Gasteiger partial charge in [0, 0.05) is 21.9 Å². The Kier molecular flexibility index (Phi) is 6.44. The predicted molar refractivity (Wildman–Crippen MR) is 144 cm³/mol. The maximum Gasteiger partial charge on any atom is 0.387 e. The Bertz CT molecular complexity index is 1130. The third-order valence-electron chi connectivity index (χ3n) is 6.30. The monoisotopic (exact) mass is 470 g/mol. The molecule has 0 N–H and O–H groups in total. The Morgan fingerprint density at radius 3 is 1.12 bits per heavy atom. The molecule has 3 aromatic rings. The van der Waals surface area contributed by atoms with E-state index >= 15 is 0 Å². The lowest BCUT2D eigenvalue weighted by atomic mass is 9.77. The molecule has 0 aliphatic carbocycles. The van der Waals surface area contributed by atoms with Gasteiger partial charge in [-0.1, -0.05) is 95.2 Å². The van der Waals surface area contributed by atoms with Crippen molar-refractivity contribution in [3.8, 4) is 0 Å². The number of hydrogen-bond donors (Lipinski definition) is 0. The molecule has 0 saturated carbocycles. The van der Waals surface area contributed by atoms with Gasteiger partial charge in [0.1, 0.15) is 11.2 Å². The topological polar surface area (TPSA) is 35.5 Å². The maximum atomic E-state index is 6.53. The summed E-state index contributed by atoms with van der Waals surface area (Å²) in [7, 11) is 0.0921. The van der Waals surface area contributed by atoms with Crippen molar-refractivity contribution < 1.29 is 12.9 Å². The Labute approximate surface area is 201 Å². The Morgan fingerprint density at radius 2 is 0.879 bits per heavy atom. The molecule has 0 radical (unpaired) electrons. The van der Waals surface area contributed by atoms with Crippen LogP contribution in [-0.4, -0.2) is 7.11 Å². The van der Waals surface area contributed by atoms with Crippen molar-refractivity contribution in [1.82, 2.24) is 0 Å². The van der Waals surface area contributed by atoms with Crippen molar-refractivity contribution in [2.24, 2.45) is 0 Å². The van der Waals surface area contributed by atoms with Crippen molar-refractivity contribution in [2.75, 3.05) is 7.11 Å². The summed E-state index contributed by atoms with van der Waals surface area (Å²) in [6, 6.07) is 9.23. The average Bonchev–Trinajstić information content (AvgIpc) is 2.79. The number of hydrogen-bond acceptors (Lipinski definition) is 3. The largest absolute Gasteiger partial charge is 0.399 e. The molecule has 0 aliphatic rings. The van der Waals surface area contributed by atoms with Crippen LogP contribution in [-0.2, 0) is 21.7 Å². The maximum absolute atomic E-state index is 6.53. The minimum Gasteiger partial charge on any atom is -0.399 e. The van der Waals surface area contributed by atoms with Crippen molar-refractivity contribution >= 4 is 30.2 Å². The second-order valence-corrected chi connectivity index (χ2v) is 14.6. The summed E-state index contributed by atoms with van der Waals surface area (Å²) < 4.78 is 18.8. The van der Waals surface area contributed by atoms with E-state index < -0.39 is 8.24 Å². The molecule has 0 saturated heterocycles. The smallest absolute Gasteiger partial charge is 0.387 e. The van der Waals surface area contributed by atoms with Crippen LogP contribution in [0.2, 0.25) is 0 Å². The van der Waals surface area contributed by atoms with E-state index in [1.807, 2.05) is 0 Å². The normalized spacial score (nSPS) is 13.7. The lowest BCUT2D eigenvalue weighted by Crippen LogP contribution is -2.17. The van der Waals surface area contributed by atoms with Gasteiger partial charge in [0.15, 0.2) is 0 Å². The molecule has 0 atom stereocenters. The van der Waals surface area contributed by atoms with Crippen LogP contribution < -0.4 is 4.52 Å². The molecule has 1 aromatic heterocycles. The molecule has 0 spiro atoms. The van der Waals surface area contributed by atoms with Gasteiger partial charge in [0.05, 0.1) is 7.11 Å². The molecular formula is C29H43O3P. The Balaban J connectivity index is 2.76. The fraction of sp³-hybridized carbons (Fsp3) is 0.586. The SMILES string of the molecule is COp1oc2c(C(C)(C)C)cc(C(C)(C)C)cc2c2cc(C(C)(C)C)cc(C(C)(C)C)c2o1. The predicted octanol–water partition coefficient (Wildman–Crippen LogP) is 9.54. The van der Waals surface area contributed by atoms with Gasteiger partial charge in [0.2, 0.25) is 0 Å². The van der Waals surface area contributed by atoms with E-state index in [9.17, 15) is 0 Å². The summed E-state index contributed by atoms with van der Waals surface area (Å²) in [6.07, 6.45) is 0. The molecule has 0 aliphatic heterocycles. The summed E-state index contributed by atoms with van der Waals surface area (Å²) in [5.41, 5.74) is 6.53. The van der Waals surface area contributed by atoms with Gasteiger partial charge in [-0.2, -0.15) is 0 Å². The van der Waals surface area contributed by atoms with E-state index in [1.54, 1.807) is 7.11 Å². The molecular weight excluding hydrogens is 427 g/mol. The van der Waals surface area contributed by atoms with Gasteiger partial charge in [0.25, 0.3) is 0 Å². The summed E-state index contributed by atoms with van der Waals surface area (Å²) in [6.45, 7) is 27.1. The third kappa shape index (κ3) is 5.20. The molecule has 0 bridgehead atoms. The van der Waals surface area contributed by atoms with Crippen LogP contribution in [0.5, 0.6) is 0 Å². The molecule has 0 amide bonds. The first-order chi connectivity index (χ1) is 14.8. The molecule has 1 heterocycles. The minimum atomic E-state index is -1.57. The van der Waals surface area contributed by atoms with Gasteiger partial charge in [-0.15, -0.1) is 0 Å². The molecule has 3 nitrogen and oxygen atoms in total. The summed E-state index contributed by atoms with van der Waals surface area (Å²) >= 11 is 0. The second kappa shape index (κ2) is 8.21. The first kappa shape index (κ1) is 25.9. The molecule has 3 rings (SSSR count). The van der Waals surface area contributed by atoms with Crippen LogP contribution in [0, 0.1) is 0 Å². The summed E-state index contributed by atoms with van der Waals surface area (Å²) in [5, 5.41) is 2.20. The minimum absolute atomic E-state index is 0.00282. The van der Waals surface area contributed by atoms with E-state index in [0.29, 0.717) is 0 Å². The molecule has 4 heteroatoms. The Morgan fingerprint density at radius 1 is 0.545 bits per heavy atom. The van der Waals surface area contributed by atoms with E-state index in [1.165, 1.54) is 22.3 Å².